The lowest BCUT2D eigenvalue weighted by Gasteiger charge is -2.03. The summed E-state index contributed by atoms with van der Waals surface area (Å²) in [6.45, 7) is 0. The van der Waals surface area contributed by atoms with Crippen molar-refractivity contribution >= 4 is 5.69 Å². The molecular formula is C14H11N5. The van der Waals surface area contributed by atoms with Crippen LogP contribution in [0.1, 0.15) is 0 Å². The van der Waals surface area contributed by atoms with Crippen molar-refractivity contribution in [3.63, 3.8) is 0 Å². The molecule has 0 unspecified atom stereocenters. The van der Waals surface area contributed by atoms with Crippen molar-refractivity contribution in [1.82, 2.24) is 9.78 Å². The first-order valence-corrected chi connectivity index (χ1v) is 5.60. The molecule has 2 rings (SSSR count). The summed E-state index contributed by atoms with van der Waals surface area (Å²) in [4.78, 5) is 0. The molecule has 1 heterocycles. The van der Waals surface area contributed by atoms with Gasteiger partial charge in [-0.1, -0.05) is 12.1 Å². The zero-order chi connectivity index (χ0) is 13.7. The maximum absolute atomic E-state index is 8.65. The first kappa shape index (κ1) is 12.4. The van der Waals surface area contributed by atoms with Crippen molar-refractivity contribution in [3.05, 3.63) is 48.3 Å². The summed E-state index contributed by atoms with van der Waals surface area (Å²) >= 11 is 0. The van der Waals surface area contributed by atoms with E-state index in [-0.39, 0.29) is 5.57 Å². The van der Waals surface area contributed by atoms with Crippen molar-refractivity contribution in [1.29, 1.82) is 10.5 Å². The molecule has 1 N–H and O–H groups in total. The van der Waals surface area contributed by atoms with Crippen molar-refractivity contribution in [3.8, 4) is 23.4 Å². The zero-order valence-corrected chi connectivity index (χ0v) is 10.3. The van der Waals surface area contributed by atoms with E-state index in [2.05, 4.69) is 10.4 Å². The number of hydrogen-bond donors (Lipinski definition) is 1. The molecule has 92 valence electrons. The van der Waals surface area contributed by atoms with Gasteiger partial charge in [-0.05, 0) is 18.2 Å². The second kappa shape index (κ2) is 5.52. The third-order valence-corrected chi connectivity index (χ3v) is 2.50. The topological polar surface area (TPSA) is 77.4 Å². The number of hydrogen-bond acceptors (Lipinski definition) is 4. The average molecular weight is 249 g/mol. The Kier molecular flexibility index (Phi) is 3.61. The van der Waals surface area contributed by atoms with Gasteiger partial charge in [0, 0.05) is 30.7 Å². The molecule has 2 aromatic rings. The summed E-state index contributed by atoms with van der Waals surface area (Å²) < 4.78 is 1.73. The fourth-order valence-corrected chi connectivity index (χ4v) is 1.58. The summed E-state index contributed by atoms with van der Waals surface area (Å²) in [6.07, 6.45) is 3.26. The Bertz CT molecular complexity index is 681. The van der Waals surface area contributed by atoms with Crippen LogP contribution in [0.15, 0.2) is 48.3 Å². The molecule has 0 aliphatic heterocycles. The van der Waals surface area contributed by atoms with E-state index in [1.54, 1.807) is 16.8 Å². The first-order valence-electron chi connectivity index (χ1n) is 5.60. The summed E-state index contributed by atoms with van der Waals surface area (Å²) in [5.74, 6) is 0. The molecule has 0 aliphatic carbocycles. The van der Waals surface area contributed by atoms with E-state index < -0.39 is 0 Å². The van der Waals surface area contributed by atoms with Gasteiger partial charge in [0.2, 0.25) is 0 Å². The van der Waals surface area contributed by atoms with E-state index in [1.165, 1.54) is 6.20 Å². The van der Waals surface area contributed by atoms with Crippen LogP contribution in [0.5, 0.6) is 0 Å². The second-order valence-electron chi connectivity index (χ2n) is 3.88. The summed E-state index contributed by atoms with van der Waals surface area (Å²) in [5, 5.41) is 24.5. The Balaban J connectivity index is 2.24. The highest BCUT2D eigenvalue weighted by atomic mass is 15.2. The minimum Gasteiger partial charge on any atom is -0.360 e. The molecule has 0 radical (unpaired) electrons. The molecule has 0 aliphatic rings. The summed E-state index contributed by atoms with van der Waals surface area (Å²) in [7, 11) is 1.86. The Morgan fingerprint density at radius 1 is 1.32 bits per heavy atom. The van der Waals surface area contributed by atoms with Crippen LogP contribution in [0.2, 0.25) is 0 Å². The lowest BCUT2D eigenvalue weighted by Crippen LogP contribution is -1.91. The number of aryl methyl sites for hydroxylation is 1. The number of rotatable bonds is 3. The van der Waals surface area contributed by atoms with Crippen LogP contribution < -0.4 is 5.32 Å². The van der Waals surface area contributed by atoms with Crippen LogP contribution >= 0.6 is 0 Å². The highest BCUT2D eigenvalue weighted by Gasteiger charge is 2.01. The minimum absolute atomic E-state index is 0.0308. The van der Waals surface area contributed by atoms with Gasteiger partial charge in [-0.15, -0.1) is 0 Å². The van der Waals surface area contributed by atoms with Crippen LogP contribution in [0.4, 0.5) is 5.69 Å². The van der Waals surface area contributed by atoms with Gasteiger partial charge in [0.25, 0.3) is 0 Å². The number of nitrogens with one attached hydrogen (secondary N) is 1. The van der Waals surface area contributed by atoms with E-state index in [0.717, 1.165) is 16.9 Å². The molecular weight excluding hydrogens is 238 g/mol. The van der Waals surface area contributed by atoms with Gasteiger partial charge in [-0.3, -0.25) is 4.68 Å². The molecule has 5 heteroatoms. The Labute approximate surface area is 111 Å². The van der Waals surface area contributed by atoms with Crippen molar-refractivity contribution in [2.24, 2.45) is 7.05 Å². The third-order valence-electron chi connectivity index (χ3n) is 2.50. The maximum atomic E-state index is 8.65. The Morgan fingerprint density at radius 2 is 2.11 bits per heavy atom. The Morgan fingerprint density at radius 3 is 2.74 bits per heavy atom. The van der Waals surface area contributed by atoms with Gasteiger partial charge in [0.05, 0.1) is 5.69 Å². The normalized spacial score (nSPS) is 9.21. The van der Waals surface area contributed by atoms with Crippen molar-refractivity contribution in [2.75, 3.05) is 5.32 Å². The molecule has 0 spiro atoms. The number of allylic oxidation sites excluding steroid dienone is 1. The van der Waals surface area contributed by atoms with E-state index in [9.17, 15) is 0 Å². The molecule has 19 heavy (non-hydrogen) atoms. The zero-order valence-electron chi connectivity index (χ0n) is 10.3. The van der Waals surface area contributed by atoms with Gasteiger partial charge < -0.3 is 5.32 Å². The lowest BCUT2D eigenvalue weighted by molar-refractivity contribution is 0.771. The highest BCUT2D eigenvalue weighted by Crippen LogP contribution is 2.20. The number of anilines is 1. The molecule has 1 aromatic carbocycles. The molecule has 0 saturated heterocycles. The van der Waals surface area contributed by atoms with Crippen LogP contribution in [0.25, 0.3) is 11.3 Å². The van der Waals surface area contributed by atoms with Gasteiger partial charge >= 0.3 is 0 Å². The van der Waals surface area contributed by atoms with E-state index in [0.29, 0.717) is 0 Å². The highest BCUT2D eigenvalue weighted by molar-refractivity contribution is 5.65. The Hall–Kier alpha value is -3.05. The monoisotopic (exact) mass is 249 g/mol. The SMILES string of the molecule is Cn1ccc(-c2cccc(NC=C(C#N)C#N)c2)n1. The number of benzene rings is 1. The molecule has 1 aromatic heterocycles. The predicted molar refractivity (Wildman–Crippen MR) is 71.6 cm³/mol. The summed E-state index contributed by atoms with van der Waals surface area (Å²) in [5.41, 5.74) is 2.67. The van der Waals surface area contributed by atoms with Gasteiger partial charge in [0.15, 0.2) is 0 Å². The van der Waals surface area contributed by atoms with Gasteiger partial charge in [-0.25, -0.2) is 0 Å². The molecule has 0 atom stereocenters. The number of nitrogens with zero attached hydrogens (tertiary/aromatic N) is 4. The minimum atomic E-state index is 0.0308. The quantitative estimate of drug-likeness (QED) is 0.847. The fraction of sp³-hybridized carbons (Fsp3) is 0.0714. The number of nitriles is 2. The summed E-state index contributed by atoms with van der Waals surface area (Å²) in [6, 6.07) is 13.1. The van der Waals surface area contributed by atoms with Gasteiger partial charge in [0.1, 0.15) is 17.7 Å². The molecule has 0 bridgehead atoms. The smallest absolute Gasteiger partial charge is 0.145 e. The fourth-order valence-electron chi connectivity index (χ4n) is 1.58. The third kappa shape index (κ3) is 2.99. The predicted octanol–water partition coefficient (Wildman–Crippen LogP) is 2.43. The van der Waals surface area contributed by atoms with E-state index in [4.69, 9.17) is 10.5 Å². The van der Waals surface area contributed by atoms with E-state index in [1.807, 2.05) is 43.6 Å². The second-order valence-corrected chi connectivity index (χ2v) is 3.88. The molecule has 0 fully saturated rings. The van der Waals surface area contributed by atoms with Crippen LogP contribution in [0, 0.1) is 22.7 Å². The maximum Gasteiger partial charge on any atom is 0.145 e. The molecule has 5 nitrogen and oxygen atoms in total. The molecule has 0 amide bonds. The average Bonchev–Trinajstić information content (AvgIpc) is 2.87. The van der Waals surface area contributed by atoms with Crippen LogP contribution in [0.3, 0.4) is 0 Å². The molecule has 0 saturated carbocycles. The standard InChI is InChI=1S/C14H11N5/c1-19-6-5-14(18-19)12-3-2-4-13(7-12)17-10-11(8-15)9-16/h2-7,10,17H,1H3. The van der Waals surface area contributed by atoms with E-state index >= 15 is 0 Å². The van der Waals surface area contributed by atoms with Crippen molar-refractivity contribution < 1.29 is 0 Å². The lowest BCUT2D eigenvalue weighted by atomic mass is 10.1. The van der Waals surface area contributed by atoms with Crippen LogP contribution in [-0.2, 0) is 7.05 Å². The first-order chi connectivity index (χ1) is 9.22. The largest absolute Gasteiger partial charge is 0.360 e. The van der Waals surface area contributed by atoms with Crippen LogP contribution in [-0.4, -0.2) is 9.78 Å². The van der Waals surface area contributed by atoms with Gasteiger partial charge in [-0.2, -0.15) is 15.6 Å². The van der Waals surface area contributed by atoms with Crippen molar-refractivity contribution in [2.45, 2.75) is 0 Å². The number of aromatic nitrogens is 2.